The lowest BCUT2D eigenvalue weighted by atomic mass is 10.0. The molecule has 0 aliphatic carbocycles. The number of rotatable bonds is 5. The predicted octanol–water partition coefficient (Wildman–Crippen LogP) is 3.20. The molecule has 0 amide bonds. The Morgan fingerprint density at radius 3 is 2.18 bits per heavy atom. The van der Waals surface area contributed by atoms with Crippen molar-refractivity contribution in [1.29, 1.82) is 5.26 Å². The van der Waals surface area contributed by atoms with Crippen LogP contribution < -0.4 is 14.2 Å². The Labute approximate surface area is 127 Å². The van der Waals surface area contributed by atoms with Crippen molar-refractivity contribution in [3.05, 3.63) is 36.4 Å². The second-order valence-electron chi connectivity index (χ2n) is 4.15. The third-order valence-electron chi connectivity index (χ3n) is 3.00. The lowest BCUT2D eigenvalue weighted by Gasteiger charge is -2.10. The first-order valence-electron chi connectivity index (χ1n) is 6.23. The van der Waals surface area contributed by atoms with Gasteiger partial charge in [-0.3, -0.25) is 0 Å². The summed E-state index contributed by atoms with van der Waals surface area (Å²) >= 11 is 0. The van der Waals surface area contributed by atoms with Gasteiger partial charge in [-0.05, 0) is 35.4 Å². The molecule has 110 valence electrons. The van der Waals surface area contributed by atoms with Gasteiger partial charge in [-0.15, -0.1) is 5.26 Å². The maximum absolute atomic E-state index is 10.4. The number of carbonyl (C=O) groups excluding carboxylic acids is 1. The van der Waals surface area contributed by atoms with Crippen molar-refractivity contribution in [3.8, 4) is 34.6 Å². The van der Waals surface area contributed by atoms with E-state index in [-0.39, 0.29) is 0 Å². The minimum atomic E-state index is 0.336. The number of hydrogen-bond acceptors (Lipinski definition) is 6. The van der Waals surface area contributed by atoms with E-state index in [2.05, 4.69) is 4.99 Å². The third-order valence-corrected chi connectivity index (χ3v) is 3.00. The van der Waals surface area contributed by atoms with Gasteiger partial charge in [-0.2, -0.15) is 4.99 Å². The second-order valence-corrected chi connectivity index (χ2v) is 4.15. The van der Waals surface area contributed by atoms with Gasteiger partial charge >= 0.3 is 0 Å². The number of aliphatic imine (C=N–C) groups is 1. The Morgan fingerprint density at radius 2 is 1.59 bits per heavy atom. The highest BCUT2D eigenvalue weighted by Gasteiger charge is 2.10. The zero-order valence-electron chi connectivity index (χ0n) is 12.0. The van der Waals surface area contributed by atoms with Crippen LogP contribution in [-0.4, -0.2) is 20.3 Å². The zero-order chi connectivity index (χ0) is 15.9. The van der Waals surface area contributed by atoms with Crippen molar-refractivity contribution in [3.63, 3.8) is 0 Å². The number of isocyanates is 1. The molecule has 2 aromatic rings. The fourth-order valence-corrected chi connectivity index (χ4v) is 1.98. The maximum Gasteiger partial charge on any atom is 0.292 e. The average Bonchev–Trinajstić information content (AvgIpc) is 2.56. The van der Waals surface area contributed by atoms with Crippen molar-refractivity contribution in [2.45, 2.75) is 0 Å². The molecule has 0 N–H and O–H groups in total. The van der Waals surface area contributed by atoms with Gasteiger partial charge in [-0.1, -0.05) is 12.1 Å². The van der Waals surface area contributed by atoms with E-state index in [1.54, 1.807) is 42.7 Å². The zero-order valence-corrected chi connectivity index (χ0v) is 12.0. The highest BCUT2D eigenvalue weighted by molar-refractivity contribution is 5.72. The van der Waals surface area contributed by atoms with Crippen molar-refractivity contribution in [1.82, 2.24) is 0 Å². The van der Waals surface area contributed by atoms with Crippen LogP contribution in [0.15, 0.2) is 41.4 Å². The number of hydrogen-bond donors (Lipinski definition) is 0. The summed E-state index contributed by atoms with van der Waals surface area (Å²) in [6.45, 7) is 0. The van der Waals surface area contributed by atoms with Crippen LogP contribution in [0.4, 0.5) is 5.69 Å². The number of nitrogens with zero attached hydrogens (tertiary/aromatic N) is 2. The van der Waals surface area contributed by atoms with E-state index in [4.69, 9.17) is 19.5 Å². The summed E-state index contributed by atoms with van der Waals surface area (Å²) < 4.78 is 15.2. The highest BCUT2D eigenvalue weighted by atomic mass is 16.5. The normalized spacial score (nSPS) is 9.32. The van der Waals surface area contributed by atoms with Crippen LogP contribution >= 0.6 is 0 Å². The number of nitriles is 1. The standard InChI is InChI=1S/C16H12N2O4/c1-20-15-7-11(3-5-13(15)18-10-19)12-4-6-14(22-9-17)16(8-12)21-2/h3-8H,1-2H3. The van der Waals surface area contributed by atoms with Gasteiger partial charge in [0.2, 0.25) is 6.08 Å². The van der Waals surface area contributed by atoms with Crippen molar-refractivity contribution in [2.75, 3.05) is 14.2 Å². The Bertz CT molecular complexity index is 774. The van der Waals surface area contributed by atoms with Crippen molar-refractivity contribution < 1.29 is 19.0 Å². The molecule has 0 aliphatic rings. The van der Waals surface area contributed by atoms with E-state index in [1.807, 2.05) is 0 Å². The molecule has 6 nitrogen and oxygen atoms in total. The molecule has 0 atom stereocenters. The van der Waals surface area contributed by atoms with Gasteiger partial charge in [0, 0.05) is 0 Å². The molecule has 6 heteroatoms. The van der Waals surface area contributed by atoms with E-state index in [0.717, 1.165) is 11.1 Å². The van der Waals surface area contributed by atoms with Crippen LogP contribution in [0.5, 0.6) is 17.2 Å². The SMILES string of the molecule is COc1cc(-c2ccc(OC#N)c(OC)c2)ccc1N=C=O. The second kappa shape index (κ2) is 6.93. The topological polar surface area (TPSA) is 80.9 Å². The summed E-state index contributed by atoms with van der Waals surface area (Å²) in [7, 11) is 2.99. The Hall–Kier alpha value is -3.29. The fourth-order valence-electron chi connectivity index (χ4n) is 1.98. The summed E-state index contributed by atoms with van der Waals surface area (Å²) in [6, 6.07) is 10.4. The molecule has 0 spiro atoms. The van der Waals surface area contributed by atoms with E-state index >= 15 is 0 Å². The molecule has 0 radical (unpaired) electrons. The molecule has 0 saturated heterocycles. The maximum atomic E-state index is 10.4. The summed E-state index contributed by atoms with van der Waals surface area (Å²) in [5.74, 6) is 1.23. The molecule has 0 heterocycles. The van der Waals surface area contributed by atoms with Crippen LogP contribution in [-0.2, 0) is 4.79 Å². The first-order chi connectivity index (χ1) is 10.7. The van der Waals surface area contributed by atoms with E-state index in [9.17, 15) is 4.79 Å². The monoisotopic (exact) mass is 296 g/mol. The van der Waals surface area contributed by atoms with Crippen LogP contribution in [0.25, 0.3) is 11.1 Å². The smallest absolute Gasteiger partial charge is 0.292 e. The molecule has 22 heavy (non-hydrogen) atoms. The Balaban J connectivity index is 2.48. The van der Waals surface area contributed by atoms with Crippen LogP contribution in [0.3, 0.4) is 0 Å². The molecule has 0 aliphatic heterocycles. The van der Waals surface area contributed by atoms with Crippen molar-refractivity contribution in [2.24, 2.45) is 4.99 Å². The minimum absolute atomic E-state index is 0.336. The molecular formula is C16H12N2O4. The van der Waals surface area contributed by atoms with Gasteiger partial charge in [0.05, 0.1) is 14.2 Å². The first-order valence-corrected chi connectivity index (χ1v) is 6.23. The molecule has 2 rings (SSSR count). The quantitative estimate of drug-likeness (QED) is 0.481. The van der Waals surface area contributed by atoms with Gasteiger partial charge in [-0.25, -0.2) is 4.79 Å². The van der Waals surface area contributed by atoms with Gasteiger partial charge in [0.15, 0.2) is 11.5 Å². The van der Waals surface area contributed by atoms with Gasteiger partial charge in [0.25, 0.3) is 6.26 Å². The van der Waals surface area contributed by atoms with Crippen LogP contribution in [0.1, 0.15) is 0 Å². The van der Waals surface area contributed by atoms with Crippen LogP contribution in [0, 0.1) is 11.5 Å². The number of methoxy groups -OCH3 is 2. The van der Waals surface area contributed by atoms with E-state index < -0.39 is 0 Å². The predicted molar refractivity (Wildman–Crippen MR) is 79.0 cm³/mol. The average molecular weight is 296 g/mol. The Kier molecular flexibility index (Phi) is 4.76. The molecule has 0 bridgehead atoms. The van der Waals surface area contributed by atoms with Crippen LogP contribution in [0.2, 0.25) is 0 Å². The summed E-state index contributed by atoms with van der Waals surface area (Å²) in [5, 5.41) is 8.59. The molecule has 0 aromatic heterocycles. The third kappa shape index (κ3) is 3.06. The van der Waals surface area contributed by atoms with Crippen molar-refractivity contribution >= 4 is 11.8 Å². The Morgan fingerprint density at radius 1 is 0.955 bits per heavy atom. The summed E-state index contributed by atoms with van der Waals surface area (Å²) in [5.41, 5.74) is 2.07. The largest absolute Gasteiger partial charge is 0.494 e. The van der Waals surface area contributed by atoms with E-state index in [1.165, 1.54) is 20.3 Å². The minimum Gasteiger partial charge on any atom is -0.494 e. The fraction of sp³-hybridized carbons (Fsp3) is 0.125. The number of benzene rings is 2. The molecule has 2 aromatic carbocycles. The summed E-state index contributed by atoms with van der Waals surface area (Å²) in [6.07, 6.45) is 3.09. The molecular weight excluding hydrogens is 284 g/mol. The molecule has 0 unspecified atom stereocenters. The molecule has 0 saturated carbocycles. The van der Waals surface area contributed by atoms with Gasteiger partial charge < -0.3 is 14.2 Å². The first kappa shape index (κ1) is 15.1. The van der Waals surface area contributed by atoms with E-state index in [0.29, 0.717) is 22.9 Å². The highest BCUT2D eigenvalue weighted by Crippen LogP contribution is 2.36. The summed E-state index contributed by atoms with van der Waals surface area (Å²) in [4.78, 5) is 13.9. The lowest BCUT2D eigenvalue weighted by molar-refractivity contribution is 0.384. The van der Waals surface area contributed by atoms with Gasteiger partial charge in [0.1, 0.15) is 11.4 Å². The molecule has 0 fully saturated rings. The lowest BCUT2D eigenvalue weighted by Crippen LogP contribution is -1.91. The number of ether oxygens (including phenoxy) is 3.